The van der Waals surface area contributed by atoms with Crippen LogP contribution in [0.2, 0.25) is 0 Å². The topological polar surface area (TPSA) is 105 Å². The van der Waals surface area contributed by atoms with Gasteiger partial charge in [0.15, 0.2) is 0 Å². The van der Waals surface area contributed by atoms with Crippen molar-refractivity contribution in [1.29, 1.82) is 0 Å². The molecule has 42 heavy (non-hydrogen) atoms. The summed E-state index contributed by atoms with van der Waals surface area (Å²) < 4.78 is 36.0. The van der Waals surface area contributed by atoms with Gasteiger partial charge in [0, 0.05) is 29.3 Å². The molecular weight excluding hydrogens is 550 g/mol. The third-order valence-electron chi connectivity index (χ3n) is 8.17. The number of rotatable bonds is 4. The van der Waals surface area contributed by atoms with E-state index in [4.69, 9.17) is 4.74 Å². The van der Waals surface area contributed by atoms with Gasteiger partial charge in [0.2, 0.25) is 11.8 Å². The van der Waals surface area contributed by atoms with Gasteiger partial charge in [-0.25, -0.2) is 18.1 Å². The fraction of sp³-hybridized carbons (Fsp3) is 0.469. The zero-order chi connectivity index (χ0) is 30.4. The van der Waals surface area contributed by atoms with E-state index in [1.165, 1.54) is 12.1 Å². The molecule has 0 saturated heterocycles. The van der Waals surface area contributed by atoms with E-state index < -0.39 is 10.0 Å². The Kier molecular flexibility index (Phi) is 8.06. The van der Waals surface area contributed by atoms with Crippen molar-refractivity contribution in [2.75, 3.05) is 25.4 Å². The van der Waals surface area contributed by atoms with E-state index in [2.05, 4.69) is 54.5 Å². The lowest BCUT2D eigenvalue weighted by Crippen LogP contribution is -2.59. The molecule has 0 radical (unpaired) electrons. The molecule has 1 N–H and O–H groups in total. The number of sulfonamides is 1. The number of hydrogen-bond acceptors (Lipinski definition) is 7. The maximum absolute atomic E-state index is 14.2. The van der Waals surface area contributed by atoms with Crippen molar-refractivity contribution in [3.05, 3.63) is 65.2 Å². The van der Waals surface area contributed by atoms with Crippen LogP contribution in [-0.4, -0.2) is 72.9 Å². The standard InChI is InChI=1S/C32H41N5O4S/c1-20-10-8-11-21(2)29(20)27-17-28-34-31(33-27)35-42(39,40)26-13-9-12-22(14-26)30(38)37(24-15-23(16-24)36(6)7)25(19-41-28)18-32(3,4)5/h8-14,17,23-25H,15-16,18-19H2,1-7H3,(H,33,34,35)/t23?,24?,25-/m1/s1. The van der Waals surface area contributed by atoms with E-state index in [1.54, 1.807) is 18.2 Å². The molecule has 10 heteroatoms. The third-order valence-corrected chi connectivity index (χ3v) is 9.49. The van der Waals surface area contributed by atoms with E-state index in [0.29, 0.717) is 23.7 Å². The number of nitrogens with zero attached hydrogens (tertiary/aromatic N) is 4. The first-order chi connectivity index (χ1) is 19.7. The van der Waals surface area contributed by atoms with Gasteiger partial charge in [-0.15, -0.1) is 0 Å². The number of anilines is 1. The molecule has 5 rings (SSSR count). The number of aromatic nitrogens is 2. The van der Waals surface area contributed by atoms with Gasteiger partial charge in [-0.2, -0.15) is 4.98 Å². The van der Waals surface area contributed by atoms with E-state index in [9.17, 15) is 13.2 Å². The third kappa shape index (κ3) is 6.29. The van der Waals surface area contributed by atoms with Crippen LogP contribution < -0.4 is 9.46 Å². The van der Waals surface area contributed by atoms with Crippen LogP contribution in [0.15, 0.2) is 53.4 Å². The summed E-state index contributed by atoms with van der Waals surface area (Å²) in [5.41, 5.74) is 3.68. The van der Waals surface area contributed by atoms with Gasteiger partial charge in [0.25, 0.3) is 15.9 Å². The zero-order valence-corrected chi connectivity index (χ0v) is 26.3. The molecule has 0 spiro atoms. The maximum atomic E-state index is 14.2. The lowest BCUT2D eigenvalue weighted by molar-refractivity contribution is 0.00267. The van der Waals surface area contributed by atoms with Crippen LogP contribution in [0.1, 0.15) is 61.5 Å². The second-order valence-corrected chi connectivity index (χ2v) is 14.7. The predicted molar refractivity (Wildman–Crippen MR) is 164 cm³/mol. The molecule has 2 aliphatic rings. The molecule has 1 atom stereocenters. The van der Waals surface area contributed by atoms with Crippen LogP contribution in [0.3, 0.4) is 0 Å². The Morgan fingerprint density at radius 2 is 1.69 bits per heavy atom. The van der Waals surface area contributed by atoms with Crippen molar-refractivity contribution in [2.45, 2.75) is 76.9 Å². The quantitative estimate of drug-likeness (QED) is 0.439. The van der Waals surface area contributed by atoms with E-state index in [-0.39, 0.29) is 46.7 Å². The Balaban J connectivity index is 1.66. The van der Waals surface area contributed by atoms with Gasteiger partial charge < -0.3 is 14.5 Å². The van der Waals surface area contributed by atoms with E-state index >= 15 is 0 Å². The van der Waals surface area contributed by atoms with Crippen molar-refractivity contribution in [3.8, 4) is 17.1 Å². The lowest BCUT2D eigenvalue weighted by atomic mass is 9.81. The van der Waals surface area contributed by atoms with Crippen molar-refractivity contribution >= 4 is 21.9 Å². The molecule has 1 aromatic heterocycles. The summed E-state index contributed by atoms with van der Waals surface area (Å²) >= 11 is 0. The largest absolute Gasteiger partial charge is 0.475 e. The summed E-state index contributed by atoms with van der Waals surface area (Å²) in [6.07, 6.45) is 2.38. The van der Waals surface area contributed by atoms with Gasteiger partial charge in [0.05, 0.1) is 16.6 Å². The molecule has 2 heterocycles. The highest BCUT2D eigenvalue weighted by Gasteiger charge is 2.42. The highest BCUT2D eigenvalue weighted by atomic mass is 32.2. The van der Waals surface area contributed by atoms with Crippen LogP contribution >= 0.6 is 0 Å². The summed E-state index contributed by atoms with van der Waals surface area (Å²) in [6, 6.07) is 14.0. The molecule has 9 nitrogen and oxygen atoms in total. The SMILES string of the molecule is Cc1cccc(C)c1-c1cc2nc(n1)NS(=O)(=O)c1cccc(c1)C(=O)N(C1CC(N(C)C)C1)[C@H](CC(C)(C)C)CO2. The number of carbonyl (C=O) groups is 1. The average molecular weight is 592 g/mol. The minimum Gasteiger partial charge on any atom is -0.475 e. The summed E-state index contributed by atoms with van der Waals surface area (Å²) in [7, 11) is 0.0103. The molecule has 224 valence electrons. The van der Waals surface area contributed by atoms with Crippen LogP contribution in [0.4, 0.5) is 5.95 Å². The van der Waals surface area contributed by atoms with Crippen LogP contribution in [0, 0.1) is 19.3 Å². The molecule has 3 aromatic rings. The van der Waals surface area contributed by atoms with Crippen LogP contribution in [0.25, 0.3) is 11.3 Å². The fourth-order valence-corrected chi connectivity index (χ4v) is 6.97. The molecule has 4 bridgehead atoms. The van der Waals surface area contributed by atoms with Crippen molar-refractivity contribution in [2.24, 2.45) is 5.41 Å². The Labute approximate surface area is 249 Å². The summed E-state index contributed by atoms with van der Waals surface area (Å²) in [5, 5.41) is 0. The van der Waals surface area contributed by atoms with E-state index in [0.717, 1.165) is 29.5 Å². The molecular formula is C32H41N5O4S. The molecule has 1 amide bonds. The number of fused-ring (bicyclic) bond motifs is 4. The highest BCUT2D eigenvalue weighted by Crippen LogP contribution is 2.36. The minimum atomic E-state index is -4.10. The number of carbonyl (C=O) groups excluding carboxylic acids is 1. The lowest BCUT2D eigenvalue weighted by Gasteiger charge is -2.49. The number of nitrogens with one attached hydrogen (secondary N) is 1. The number of amides is 1. The number of benzene rings is 2. The normalized spacial score (nSPS) is 22.2. The molecule has 1 saturated carbocycles. The molecule has 1 fully saturated rings. The van der Waals surface area contributed by atoms with Crippen LogP contribution in [-0.2, 0) is 10.0 Å². The second kappa shape index (κ2) is 11.3. The Morgan fingerprint density at radius 1 is 1.02 bits per heavy atom. The molecule has 1 aliphatic heterocycles. The van der Waals surface area contributed by atoms with Gasteiger partial charge in [-0.05, 0) is 81.9 Å². The zero-order valence-electron chi connectivity index (χ0n) is 25.5. The Bertz CT molecular complexity index is 1570. The second-order valence-electron chi connectivity index (χ2n) is 13.0. The first kappa shape index (κ1) is 30.0. The molecule has 0 unspecified atom stereocenters. The smallest absolute Gasteiger partial charge is 0.264 e. The molecule has 2 aromatic carbocycles. The van der Waals surface area contributed by atoms with Gasteiger partial charge in [-0.3, -0.25) is 4.79 Å². The van der Waals surface area contributed by atoms with Crippen molar-refractivity contribution in [1.82, 2.24) is 19.8 Å². The summed E-state index contributed by atoms with van der Waals surface area (Å²) in [5.74, 6) is -0.0315. The molecule has 1 aliphatic carbocycles. The maximum Gasteiger partial charge on any atom is 0.264 e. The first-order valence-corrected chi connectivity index (χ1v) is 15.9. The minimum absolute atomic E-state index is 0.00973. The predicted octanol–water partition coefficient (Wildman–Crippen LogP) is 5.29. The monoisotopic (exact) mass is 591 g/mol. The van der Waals surface area contributed by atoms with E-state index in [1.807, 2.05) is 36.9 Å². The number of hydrogen-bond donors (Lipinski definition) is 1. The fourth-order valence-electron chi connectivity index (χ4n) is 5.98. The van der Waals surface area contributed by atoms with Crippen molar-refractivity contribution in [3.63, 3.8) is 0 Å². The first-order valence-electron chi connectivity index (χ1n) is 14.4. The number of ether oxygens (including phenoxy) is 1. The van der Waals surface area contributed by atoms with Crippen molar-refractivity contribution < 1.29 is 17.9 Å². The Hall–Kier alpha value is -3.50. The summed E-state index contributed by atoms with van der Waals surface area (Å²) in [6.45, 7) is 10.6. The number of aryl methyl sites for hydroxylation is 2. The van der Waals surface area contributed by atoms with Gasteiger partial charge in [-0.1, -0.05) is 45.0 Å². The van der Waals surface area contributed by atoms with Gasteiger partial charge in [0.1, 0.15) is 6.61 Å². The Morgan fingerprint density at radius 3 is 2.33 bits per heavy atom. The van der Waals surface area contributed by atoms with Gasteiger partial charge >= 0.3 is 0 Å². The average Bonchev–Trinajstić information content (AvgIpc) is 2.86. The highest BCUT2D eigenvalue weighted by molar-refractivity contribution is 7.92. The summed E-state index contributed by atoms with van der Waals surface area (Å²) in [4.78, 5) is 27.4. The van der Waals surface area contributed by atoms with Crippen LogP contribution in [0.5, 0.6) is 5.88 Å².